The van der Waals surface area contributed by atoms with Crippen LogP contribution in [0.1, 0.15) is 44.8 Å². The van der Waals surface area contributed by atoms with Crippen LogP contribution in [0.5, 0.6) is 0 Å². The van der Waals surface area contributed by atoms with Gasteiger partial charge in [-0.2, -0.15) is 0 Å². The Morgan fingerprint density at radius 3 is 2.32 bits per heavy atom. The van der Waals surface area contributed by atoms with Crippen LogP contribution < -0.4 is 5.32 Å². The Morgan fingerprint density at radius 2 is 1.57 bits per heavy atom. The molecule has 5 aromatic rings. The number of esters is 1. The van der Waals surface area contributed by atoms with Crippen molar-refractivity contribution in [1.29, 1.82) is 0 Å². The van der Waals surface area contributed by atoms with E-state index >= 15 is 0 Å². The van der Waals surface area contributed by atoms with E-state index in [2.05, 4.69) is 46.3 Å². The van der Waals surface area contributed by atoms with Gasteiger partial charge in [0, 0.05) is 18.1 Å². The summed E-state index contributed by atoms with van der Waals surface area (Å²) in [5.74, 6) is -0.530. The molecule has 5 nitrogen and oxygen atoms in total. The molecule has 0 aliphatic carbocycles. The van der Waals surface area contributed by atoms with Crippen LogP contribution in [0.25, 0.3) is 22.0 Å². The highest BCUT2D eigenvalue weighted by Crippen LogP contribution is 2.25. The monoisotopic (exact) mass is 488 g/mol. The van der Waals surface area contributed by atoms with E-state index in [1.807, 2.05) is 67.7 Å². The molecule has 1 heterocycles. The van der Waals surface area contributed by atoms with Crippen molar-refractivity contribution >= 4 is 22.8 Å². The molecule has 1 atom stereocenters. The molecule has 0 unspecified atom stereocenters. The van der Waals surface area contributed by atoms with Crippen molar-refractivity contribution in [2.24, 2.45) is 0 Å². The minimum absolute atomic E-state index is 0.145. The Bertz CT molecular complexity index is 1550. The van der Waals surface area contributed by atoms with Crippen molar-refractivity contribution in [3.8, 4) is 11.1 Å². The zero-order chi connectivity index (χ0) is 25.8. The van der Waals surface area contributed by atoms with Gasteiger partial charge in [0.15, 0.2) is 0 Å². The molecule has 1 N–H and O–H groups in total. The number of nitrogens with one attached hydrogen (secondary N) is 1. The Kier molecular flexibility index (Phi) is 6.86. The summed E-state index contributed by atoms with van der Waals surface area (Å²) in [5.41, 5.74) is 6.41. The lowest BCUT2D eigenvalue weighted by molar-refractivity contribution is 0.0600. The molecule has 0 saturated carbocycles. The summed E-state index contributed by atoms with van der Waals surface area (Å²) in [5, 5.41) is 4.13. The number of fused-ring (bicyclic) bond motifs is 1. The van der Waals surface area contributed by atoms with Crippen LogP contribution in [-0.2, 0) is 11.3 Å². The first-order chi connectivity index (χ1) is 18.0. The first kappa shape index (κ1) is 24.1. The minimum atomic E-state index is -0.384. The Hall–Kier alpha value is -4.64. The molecule has 0 aliphatic heterocycles. The molecule has 0 saturated heterocycles. The minimum Gasteiger partial charge on any atom is -0.465 e. The van der Waals surface area contributed by atoms with Crippen molar-refractivity contribution in [2.75, 3.05) is 7.11 Å². The number of hydrogen-bond donors (Lipinski definition) is 1. The van der Waals surface area contributed by atoms with E-state index in [9.17, 15) is 9.59 Å². The fourth-order valence-electron chi connectivity index (χ4n) is 4.64. The summed E-state index contributed by atoms with van der Waals surface area (Å²) in [6.45, 7) is 2.58. The molecule has 184 valence electrons. The SMILES string of the molecule is COC(=O)c1ccc([C@H](C)NC(=O)c2cccc3ccn(Cc4cccc(-c5ccccc5)c4)c23)cc1. The van der Waals surface area contributed by atoms with Crippen LogP contribution in [0, 0.1) is 0 Å². The molecule has 0 fully saturated rings. The van der Waals surface area contributed by atoms with Crippen LogP contribution in [0.15, 0.2) is 109 Å². The number of hydrogen-bond acceptors (Lipinski definition) is 3. The van der Waals surface area contributed by atoms with Crippen molar-refractivity contribution < 1.29 is 14.3 Å². The van der Waals surface area contributed by atoms with Crippen LogP contribution in [-0.4, -0.2) is 23.6 Å². The molecule has 0 radical (unpaired) electrons. The molecular weight excluding hydrogens is 460 g/mol. The number of nitrogens with zero attached hydrogens (tertiary/aromatic N) is 1. The van der Waals surface area contributed by atoms with Crippen LogP contribution >= 0.6 is 0 Å². The second-order valence-electron chi connectivity index (χ2n) is 9.06. The van der Waals surface area contributed by atoms with Crippen molar-refractivity contribution in [1.82, 2.24) is 9.88 Å². The Balaban J connectivity index is 1.39. The summed E-state index contributed by atoms with van der Waals surface area (Å²) < 4.78 is 6.89. The first-order valence-electron chi connectivity index (χ1n) is 12.2. The molecule has 5 rings (SSSR count). The maximum Gasteiger partial charge on any atom is 0.337 e. The lowest BCUT2D eigenvalue weighted by Crippen LogP contribution is -2.27. The summed E-state index contributed by atoms with van der Waals surface area (Å²) in [4.78, 5) is 25.1. The van der Waals surface area contributed by atoms with Gasteiger partial charge in [-0.05, 0) is 59.5 Å². The fraction of sp³-hybridized carbons (Fsp3) is 0.125. The lowest BCUT2D eigenvalue weighted by Gasteiger charge is -2.16. The molecule has 37 heavy (non-hydrogen) atoms. The van der Waals surface area contributed by atoms with Crippen LogP contribution in [0.4, 0.5) is 0 Å². The number of carbonyl (C=O) groups excluding carboxylic acids is 2. The van der Waals surface area contributed by atoms with Gasteiger partial charge < -0.3 is 14.6 Å². The number of methoxy groups -OCH3 is 1. The molecule has 0 aliphatic rings. The maximum atomic E-state index is 13.4. The van der Waals surface area contributed by atoms with Crippen molar-refractivity contribution in [2.45, 2.75) is 19.5 Å². The summed E-state index contributed by atoms with van der Waals surface area (Å²) in [6.07, 6.45) is 2.03. The van der Waals surface area contributed by atoms with E-state index in [-0.39, 0.29) is 17.9 Å². The fourth-order valence-corrected chi connectivity index (χ4v) is 4.64. The topological polar surface area (TPSA) is 60.3 Å². The third kappa shape index (κ3) is 5.16. The average Bonchev–Trinajstić information content (AvgIpc) is 3.36. The van der Waals surface area contributed by atoms with Crippen molar-refractivity contribution in [3.05, 3.63) is 132 Å². The molecule has 5 heteroatoms. The third-order valence-corrected chi connectivity index (χ3v) is 6.60. The number of carbonyl (C=O) groups is 2. The standard InChI is InChI=1S/C32H28N2O3/c1-22(24-14-16-27(17-15-24)32(36)37-2)33-31(35)29-13-7-11-26-18-19-34(30(26)29)21-23-8-6-12-28(20-23)25-9-4-3-5-10-25/h3-20,22H,21H2,1-2H3,(H,33,35)/t22-/m0/s1. The van der Waals surface area contributed by atoms with Gasteiger partial charge in [0.25, 0.3) is 5.91 Å². The maximum absolute atomic E-state index is 13.4. The first-order valence-corrected chi connectivity index (χ1v) is 12.2. The van der Waals surface area contributed by atoms with Gasteiger partial charge in [-0.1, -0.05) is 72.8 Å². The number of amides is 1. The van der Waals surface area contributed by atoms with Crippen molar-refractivity contribution in [3.63, 3.8) is 0 Å². The predicted molar refractivity (Wildman–Crippen MR) is 147 cm³/mol. The zero-order valence-corrected chi connectivity index (χ0v) is 20.8. The van der Waals surface area contributed by atoms with Crippen LogP contribution in [0.3, 0.4) is 0 Å². The van der Waals surface area contributed by atoms with E-state index in [1.54, 1.807) is 12.1 Å². The van der Waals surface area contributed by atoms with Gasteiger partial charge >= 0.3 is 5.97 Å². The molecule has 1 aromatic heterocycles. The Labute approximate surface area is 216 Å². The van der Waals surface area contributed by atoms with Gasteiger partial charge in [0.05, 0.1) is 29.8 Å². The molecule has 0 bridgehead atoms. The van der Waals surface area contributed by atoms with E-state index in [1.165, 1.54) is 18.2 Å². The molecule has 4 aromatic carbocycles. The highest BCUT2D eigenvalue weighted by atomic mass is 16.5. The Morgan fingerprint density at radius 1 is 0.838 bits per heavy atom. The second-order valence-corrected chi connectivity index (χ2v) is 9.06. The second kappa shape index (κ2) is 10.5. The summed E-state index contributed by atoms with van der Waals surface area (Å²) >= 11 is 0. The predicted octanol–water partition coefficient (Wildman–Crippen LogP) is 6.63. The average molecular weight is 489 g/mol. The van der Waals surface area contributed by atoms with E-state index in [4.69, 9.17) is 4.74 Å². The zero-order valence-electron chi connectivity index (χ0n) is 20.8. The van der Waals surface area contributed by atoms with Gasteiger partial charge in [-0.3, -0.25) is 4.79 Å². The smallest absolute Gasteiger partial charge is 0.337 e. The lowest BCUT2D eigenvalue weighted by atomic mass is 10.0. The highest BCUT2D eigenvalue weighted by Gasteiger charge is 2.17. The molecular formula is C32H28N2O3. The van der Waals surface area contributed by atoms with Gasteiger partial charge in [-0.25, -0.2) is 4.79 Å². The quantitative estimate of drug-likeness (QED) is 0.262. The number of aromatic nitrogens is 1. The number of rotatable bonds is 7. The molecule has 0 spiro atoms. The third-order valence-electron chi connectivity index (χ3n) is 6.60. The molecule has 1 amide bonds. The van der Waals surface area contributed by atoms with E-state index in [0.717, 1.165) is 22.0 Å². The van der Waals surface area contributed by atoms with Gasteiger partial charge in [0.1, 0.15) is 0 Å². The normalized spacial score (nSPS) is 11.7. The van der Waals surface area contributed by atoms with E-state index in [0.29, 0.717) is 17.7 Å². The number of ether oxygens (including phenoxy) is 1. The summed E-state index contributed by atoms with van der Waals surface area (Å²) in [7, 11) is 1.36. The van der Waals surface area contributed by atoms with Gasteiger partial charge in [0.2, 0.25) is 0 Å². The largest absolute Gasteiger partial charge is 0.465 e. The number of benzene rings is 4. The van der Waals surface area contributed by atoms with Crippen LogP contribution in [0.2, 0.25) is 0 Å². The highest BCUT2D eigenvalue weighted by molar-refractivity contribution is 6.06. The van der Waals surface area contributed by atoms with E-state index < -0.39 is 0 Å². The van der Waals surface area contributed by atoms with Gasteiger partial charge in [-0.15, -0.1) is 0 Å². The summed E-state index contributed by atoms with van der Waals surface area (Å²) in [6, 6.07) is 33.5. The number of para-hydroxylation sites is 1.